The van der Waals surface area contributed by atoms with E-state index in [4.69, 9.17) is 9.47 Å². The largest absolute Gasteiger partial charge is 0.490 e. The number of carboxylic acids is 1. The van der Waals surface area contributed by atoms with E-state index in [2.05, 4.69) is 0 Å². The molecule has 1 N–H and O–H groups in total. The Balaban J connectivity index is 2.22. The normalized spacial score (nSPS) is 16.9. The fraction of sp³-hybridized carbons (Fsp3) is 0.556. The minimum Gasteiger partial charge on any atom is -0.490 e. The molecule has 1 aliphatic heterocycles. The summed E-state index contributed by atoms with van der Waals surface area (Å²) < 4.78 is 11.4. The Morgan fingerprint density at radius 2 is 1.83 bits per heavy atom. The van der Waals surface area contributed by atoms with Crippen molar-refractivity contribution in [1.82, 2.24) is 4.90 Å². The summed E-state index contributed by atoms with van der Waals surface area (Å²) in [6.45, 7) is 5.59. The van der Waals surface area contributed by atoms with Crippen LogP contribution in [0.2, 0.25) is 0 Å². The number of hydrogen-bond acceptors (Lipinski definition) is 4. The van der Waals surface area contributed by atoms with Crippen LogP contribution in [0, 0.1) is 0 Å². The lowest BCUT2D eigenvalue weighted by Crippen LogP contribution is -2.40. The topological polar surface area (TPSA) is 76.1 Å². The highest BCUT2D eigenvalue weighted by Crippen LogP contribution is 2.30. The average molecular weight is 335 g/mol. The molecule has 1 aromatic carbocycles. The summed E-state index contributed by atoms with van der Waals surface area (Å²) in [6, 6.07) is 4.30. The smallest absolute Gasteiger partial charge is 0.326 e. The molecule has 1 saturated heterocycles. The van der Waals surface area contributed by atoms with Crippen molar-refractivity contribution < 1.29 is 24.2 Å². The van der Waals surface area contributed by atoms with Gasteiger partial charge in [-0.15, -0.1) is 0 Å². The standard InChI is InChI=1S/C18H25NO5/c1-3-10-23-15-8-7-13(12-16(15)24-11-4-2)17(20)19-9-5-6-14(19)18(21)22/h7-8,12,14H,3-6,9-11H2,1-2H3,(H,21,22)/t14-/m0/s1. The van der Waals surface area contributed by atoms with Crippen molar-refractivity contribution >= 4 is 11.9 Å². The zero-order chi connectivity index (χ0) is 17.5. The van der Waals surface area contributed by atoms with E-state index in [-0.39, 0.29) is 5.91 Å². The molecule has 1 fully saturated rings. The fourth-order valence-corrected chi connectivity index (χ4v) is 2.73. The minimum absolute atomic E-state index is 0.275. The van der Waals surface area contributed by atoms with Gasteiger partial charge in [-0.1, -0.05) is 13.8 Å². The Bertz CT molecular complexity index is 587. The lowest BCUT2D eigenvalue weighted by atomic mass is 10.1. The van der Waals surface area contributed by atoms with Crippen LogP contribution in [0.15, 0.2) is 18.2 Å². The third kappa shape index (κ3) is 4.19. The molecular weight excluding hydrogens is 310 g/mol. The summed E-state index contributed by atoms with van der Waals surface area (Å²) in [4.78, 5) is 25.4. The van der Waals surface area contributed by atoms with E-state index < -0.39 is 12.0 Å². The predicted molar refractivity (Wildman–Crippen MR) is 89.7 cm³/mol. The van der Waals surface area contributed by atoms with Crippen LogP contribution < -0.4 is 9.47 Å². The number of carbonyl (C=O) groups excluding carboxylic acids is 1. The van der Waals surface area contributed by atoms with Gasteiger partial charge in [-0.2, -0.15) is 0 Å². The molecule has 0 spiro atoms. The molecule has 1 aliphatic rings. The molecule has 0 aromatic heterocycles. The maximum Gasteiger partial charge on any atom is 0.326 e. The Kier molecular flexibility index (Phi) is 6.46. The Morgan fingerprint density at radius 3 is 2.46 bits per heavy atom. The van der Waals surface area contributed by atoms with Gasteiger partial charge in [0.15, 0.2) is 11.5 Å². The summed E-state index contributed by atoms with van der Waals surface area (Å²) in [5.41, 5.74) is 0.429. The fourth-order valence-electron chi connectivity index (χ4n) is 2.73. The molecule has 1 aromatic rings. The molecule has 132 valence electrons. The number of likely N-dealkylation sites (tertiary alicyclic amines) is 1. The van der Waals surface area contributed by atoms with Gasteiger partial charge in [-0.25, -0.2) is 4.79 Å². The second kappa shape index (κ2) is 8.57. The quantitative estimate of drug-likeness (QED) is 0.790. The van der Waals surface area contributed by atoms with Gasteiger partial charge >= 0.3 is 5.97 Å². The number of nitrogens with zero attached hydrogens (tertiary/aromatic N) is 1. The first-order valence-electron chi connectivity index (χ1n) is 8.51. The molecule has 0 unspecified atom stereocenters. The second-order valence-electron chi connectivity index (χ2n) is 5.85. The third-order valence-electron chi connectivity index (χ3n) is 3.91. The van der Waals surface area contributed by atoms with E-state index in [0.717, 1.165) is 12.8 Å². The van der Waals surface area contributed by atoms with E-state index in [1.54, 1.807) is 18.2 Å². The highest BCUT2D eigenvalue weighted by atomic mass is 16.5. The molecule has 24 heavy (non-hydrogen) atoms. The summed E-state index contributed by atoms with van der Waals surface area (Å²) in [7, 11) is 0. The van der Waals surface area contributed by atoms with E-state index in [9.17, 15) is 14.7 Å². The lowest BCUT2D eigenvalue weighted by molar-refractivity contribution is -0.141. The van der Waals surface area contributed by atoms with Crippen LogP contribution in [0.5, 0.6) is 11.5 Å². The van der Waals surface area contributed by atoms with Crippen molar-refractivity contribution in [2.75, 3.05) is 19.8 Å². The number of carbonyl (C=O) groups is 2. The molecule has 2 rings (SSSR count). The van der Waals surface area contributed by atoms with Crippen LogP contribution in [0.4, 0.5) is 0 Å². The summed E-state index contributed by atoms with van der Waals surface area (Å²) >= 11 is 0. The summed E-state index contributed by atoms with van der Waals surface area (Å²) in [5, 5.41) is 9.25. The van der Waals surface area contributed by atoms with Crippen LogP contribution in [0.1, 0.15) is 49.9 Å². The Labute approximate surface area is 142 Å². The molecule has 1 amide bonds. The molecule has 0 saturated carbocycles. The molecule has 0 aliphatic carbocycles. The van der Waals surface area contributed by atoms with Crippen molar-refractivity contribution in [1.29, 1.82) is 0 Å². The van der Waals surface area contributed by atoms with Crippen molar-refractivity contribution in [2.45, 2.75) is 45.6 Å². The van der Waals surface area contributed by atoms with Gasteiger partial charge in [0.05, 0.1) is 13.2 Å². The minimum atomic E-state index is -0.953. The molecule has 1 atom stereocenters. The number of amides is 1. The van der Waals surface area contributed by atoms with E-state index in [1.165, 1.54) is 4.90 Å². The Hall–Kier alpha value is -2.24. The van der Waals surface area contributed by atoms with Crippen LogP contribution in [-0.4, -0.2) is 47.7 Å². The van der Waals surface area contributed by atoms with Gasteiger partial charge in [0.25, 0.3) is 5.91 Å². The first kappa shape index (κ1) is 18.1. The third-order valence-corrected chi connectivity index (χ3v) is 3.91. The number of hydrogen-bond donors (Lipinski definition) is 1. The van der Waals surface area contributed by atoms with Gasteiger partial charge in [0.2, 0.25) is 0 Å². The first-order chi connectivity index (χ1) is 11.6. The molecular formula is C18H25NO5. The van der Waals surface area contributed by atoms with E-state index >= 15 is 0 Å². The maximum atomic E-state index is 12.7. The van der Waals surface area contributed by atoms with Gasteiger partial charge in [0, 0.05) is 12.1 Å². The van der Waals surface area contributed by atoms with Crippen LogP contribution in [0.25, 0.3) is 0 Å². The molecule has 0 bridgehead atoms. The zero-order valence-corrected chi connectivity index (χ0v) is 14.3. The highest BCUT2D eigenvalue weighted by Gasteiger charge is 2.34. The van der Waals surface area contributed by atoms with Crippen molar-refractivity contribution in [3.63, 3.8) is 0 Å². The number of rotatable bonds is 8. The van der Waals surface area contributed by atoms with E-state index in [1.807, 2.05) is 13.8 Å². The summed E-state index contributed by atoms with van der Waals surface area (Å²) in [6.07, 6.45) is 2.93. The van der Waals surface area contributed by atoms with Crippen molar-refractivity contribution in [3.8, 4) is 11.5 Å². The molecule has 0 radical (unpaired) electrons. The highest BCUT2D eigenvalue weighted by molar-refractivity contribution is 5.97. The molecule has 1 heterocycles. The lowest BCUT2D eigenvalue weighted by Gasteiger charge is -2.22. The van der Waals surface area contributed by atoms with Crippen molar-refractivity contribution in [2.24, 2.45) is 0 Å². The Morgan fingerprint density at radius 1 is 1.17 bits per heavy atom. The van der Waals surface area contributed by atoms with Crippen LogP contribution >= 0.6 is 0 Å². The number of benzene rings is 1. The number of carboxylic acid groups (broad SMARTS) is 1. The average Bonchev–Trinajstić information content (AvgIpc) is 3.07. The second-order valence-corrected chi connectivity index (χ2v) is 5.85. The first-order valence-corrected chi connectivity index (χ1v) is 8.51. The van der Waals surface area contributed by atoms with Crippen LogP contribution in [0.3, 0.4) is 0 Å². The van der Waals surface area contributed by atoms with Gasteiger partial charge < -0.3 is 19.5 Å². The predicted octanol–water partition coefficient (Wildman–Crippen LogP) is 2.95. The molecule has 6 heteroatoms. The van der Waals surface area contributed by atoms with Crippen molar-refractivity contribution in [3.05, 3.63) is 23.8 Å². The SMILES string of the molecule is CCCOc1ccc(C(=O)N2CCC[C@H]2C(=O)O)cc1OCCC. The van der Waals surface area contributed by atoms with Crippen LogP contribution in [-0.2, 0) is 4.79 Å². The monoisotopic (exact) mass is 335 g/mol. The van der Waals surface area contributed by atoms with Gasteiger partial charge in [-0.3, -0.25) is 4.79 Å². The van der Waals surface area contributed by atoms with Gasteiger partial charge in [-0.05, 0) is 43.9 Å². The summed E-state index contributed by atoms with van der Waals surface area (Å²) in [5.74, 6) is -0.0882. The number of aliphatic carboxylic acids is 1. The maximum absolute atomic E-state index is 12.7. The van der Waals surface area contributed by atoms with E-state index in [0.29, 0.717) is 49.7 Å². The number of ether oxygens (including phenoxy) is 2. The van der Waals surface area contributed by atoms with Gasteiger partial charge in [0.1, 0.15) is 6.04 Å². The molecule has 6 nitrogen and oxygen atoms in total. The zero-order valence-electron chi connectivity index (χ0n) is 14.3.